The fourth-order valence-electron chi connectivity index (χ4n) is 3.35. The van der Waals surface area contributed by atoms with Crippen molar-refractivity contribution in [1.82, 2.24) is 10.3 Å². The molecule has 0 radical (unpaired) electrons. The molecule has 2 nitrogen and oxygen atoms in total. The van der Waals surface area contributed by atoms with Crippen LogP contribution in [-0.4, -0.2) is 11.5 Å². The highest BCUT2D eigenvalue weighted by Gasteiger charge is 2.29. The Hall–Kier alpha value is -1.19. The van der Waals surface area contributed by atoms with E-state index in [1.807, 2.05) is 6.20 Å². The van der Waals surface area contributed by atoms with Crippen LogP contribution in [0.1, 0.15) is 48.5 Å². The van der Waals surface area contributed by atoms with Crippen LogP contribution in [0.4, 0.5) is 0 Å². The number of nitrogens with one attached hydrogen (secondary N) is 1. The standard InChI is InChI=1S/C18H21BrN2/c1-2-20-17(14-8-10-15(19)11-9-14)16-7-3-5-13-6-4-12-21-18(13)16/h4,6,8-12,16-17,20H,2-3,5,7H2,1H3. The molecule has 1 aromatic carbocycles. The Bertz CT molecular complexity index is 594. The first-order chi connectivity index (χ1) is 10.3. The van der Waals surface area contributed by atoms with Crippen molar-refractivity contribution in [2.24, 2.45) is 0 Å². The van der Waals surface area contributed by atoms with E-state index >= 15 is 0 Å². The van der Waals surface area contributed by atoms with E-state index in [1.165, 1.54) is 36.1 Å². The van der Waals surface area contributed by atoms with Crippen molar-refractivity contribution in [1.29, 1.82) is 0 Å². The predicted molar refractivity (Wildman–Crippen MR) is 90.5 cm³/mol. The largest absolute Gasteiger partial charge is 0.310 e. The maximum absolute atomic E-state index is 4.70. The number of nitrogens with zero attached hydrogens (tertiary/aromatic N) is 1. The Kier molecular flexibility index (Phi) is 4.71. The third-order valence-corrected chi connectivity index (χ3v) is 4.82. The lowest BCUT2D eigenvalue weighted by Gasteiger charge is -2.32. The van der Waals surface area contributed by atoms with Crippen molar-refractivity contribution in [3.05, 3.63) is 63.9 Å². The molecule has 0 fully saturated rings. The first-order valence-electron chi connectivity index (χ1n) is 7.72. The van der Waals surface area contributed by atoms with Crippen LogP contribution in [0.2, 0.25) is 0 Å². The van der Waals surface area contributed by atoms with Gasteiger partial charge in [-0.3, -0.25) is 4.98 Å². The maximum atomic E-state index is 4.70. The van der Waals surface area contributed by atoms with Crippen molar-refractivity contribution in [3.8, 4) is 0 Å². The molecule has 110 valence electrons. The first kappa shape index (κ1) is 14.7. The molecule has 2 unspecified atom stereocenters. The number of hydrogen-bond donors (Lipinski definition) is 1. The fraction of sp³-hybridized carbons (Fsp3) is 0.389. The molecule has 0 bridgehead atoms. The van der Waals surface area contributed by atoms with E-state index in [0.717, 1.165) is 11.0 Å². The number of halogens is 1. The molecule has 0 saturated carbocycles. The highest BCUT2D eigenvalue weighted by Crippen LogP contribution is 2.39. The van der Waals surface area contributed by atoms with Crippen molar-refractivity contribution in [2.75, 3.05) is 6.54 Å². The molecule has 2 atom stereocenters. The van der Waals surface area contributed by atoms with Gasteiger partial charge in [0.05, 0.1) is 0 Å². The monoisotopic (exact) mass is 344 g/mol. The number of hydrogen-bond acceptors (Lipinski definition) is 2. The summed E-state index contributed by atoms with van der Waals surface area (Å²) in [7, 11) is 0. The third-order valence-electron chi connectivity index (χ3n) is 4.29. The van der Waals surface area contributed by atoms with E-state index in [2.05, 4.69) is 64.6 Å². The molecule has 0 amide bonds. The van der Waals surface area contributed by atoms with Gasteiger partial charge in [0.2, 0.25) is 0 Å². The number of rotatable bonds is 4. The summed E-state index contributed by atoms with van der Waals surface area (Å²) in [6, 6.07) is 13.3. The van der Waals surface area contributed by atoms with Gasteiger partial charge >= 0.3 is 0 Å². The van der Waals surface area contributed by atoms with E-state index in [-0.39, 0.29) is 0 Å². The summed E-state index contributed by atoms with van der Waals surface area (Å²) in [4.78, 5) is 4.70. The zero-order valence-corrected chi connectivity index (χ0v) is 13.9. The average molecular weight is 345 g/mol. The van der Waals surface area contributed by atoms with Crippen molar-refractivity contribution in [2.45, 2.75) is 38.1 Å². The summed E-state index contributed by atoms with van der Waals surface area (Å²) in [6.07, 6.45) is 5.56. The molecule has 2 aromatic rings. The Labute approximate surface area is 135 Å². The van der Waals surface area contributed by atoms with Crippen LogP contribution in [0.3, 0.4) is 0 Å². The summed E-state index contributed by atoms with van der Waals surface area (Å²) in [6.45, 7) is 3.15. The van der Waals surface area contributed by atoms with Gasteiger partial charge in [-0.1, -0.05) is 41.1 Å². The number of aryl methyl sites for hydroxylation is 1. The molecule has 1 aliphatic carbocycles. The number of aromatic nitrogens is 1. The smallest absolute Gasteiger partial charge is 0.0485 e. The second-order valence-corrected chi connectivity index (χ2v) is 6.55. The van der Waals surface area contributed by atoms with Crippen molar-refractivity contribution < 1.29 is 0 Å². The zero-order chi connectivity index (χ0) is 14.7. The van der Waals surface area contributed by atoms with Crippen LogP contribution in [0.5, 0.6) is 0 Å². The van der Waals surface area contributed by atoms with Crippen LogP contribution in [0.15, 0.2) is 47.1 Å². The number of pyridine rings is 1. The molecule has 3 heteroatoms. The fourth-order valence-corrected chi connectivity index (χ4v) is 3.62. The second kappa shape index (κ2) is 6.71. The Morgan fingerprint density at radius 3 is 2.86 bits per heavy atom. The molecular formula is C18H21BrN2. The lowest BCUT2D eigenvalue weighted by atomic mass is 9.79. The number of benzene rings is 1. The number of likely N-dealkylation sites (N-methyl/N-ethyl adjacent to an activating group) is 1. The normalized spacial score (nSPS) is 19.0. The molecule has 3 rings (SSSR count). The van der Waals surface area contributed by atoms with Crippen LogP contribution in [0, 0.1) is 0 Å². The Morgan fingerprint density at radius 1 is 1.29 bits per heavy atom. The average Bonchev–Trinajstić information content (AvgIpc) is 2.53. The van der Waals surface area contributed by atoms with Gasteiger partial charge in [0, 0.05) is 28.3 Å². The van der Waals surface area contributed by atoms with Crippen LogP contribution < -0.4 is 5.32 Å². The summed E-state index contributed by atoms with van der Waals surface area (Å²) in [5, 5.41) is 3.67. The van der Waals surface area contributed by atoms with E-state index in [0.29, 0.717) is 12.0 Å². The zero-order valence-electron chi connectivity index (χ0n) is 12.3. The molecular weight excluding hydrogens is 324 g/mol. The number of fused-ring (bicyclic) bond motifs is 1. The first-order valence-corrected chi connectivity index (χ1v) is 8.51. The molecule has 0 aliphatic heterocycles. The van der Waals surface area contributed by atoms with Gasteiger partial charge in [-0.15, -0.1) is 0 Å². The second-order valence-electron chi connectivity index (χ2n) is 5.63. The molecule has 0 saturated heterocycles. The van der Waals surface area contributed by atoms with E-state index in [4.69, 9.17) is 4.98 Å². The molecule has 0 spiro atoms. The highest BCUT2D eigenvalue weighted by molar-refractivity contribution is 9.10. The van der Waals surface area contributed by atoms with Gasteiger partial charge in [-0.25, -0.2) is 0 Å². The molecule has 1 N–H and O–H groups in total. The van der Waals surface area contributed by atoms with Crippen LogP contribution >= 0.6 is 15.9 Å². The molecule has 1 aliphatic rings. The minimum Gasteiger partial charge on any atom is -0.310 e. The van der Waals surface area contributed by atoms with Gasteiger partial charge in [0.25, 0.3) is 0 Å². The molecule has 1 heterocycles. The lowest BCUT2D eigenvalue weighted by Crippen LogP contribution is -2.29. The van der Waals surface area contributed by atoms with Gasteiger partial charge in [0.1, 0.15) is 0 Å². The Morgan fingerprint density at radius 2 is 2.10 bits per heavy atom. The topological polar surface area (TPSA) is 24.9 Å². The van der Waals surface area contributed by atoms with Crippen molar-refractivity contribution in [3.63, 3.8) is 0 Å². The minimum absolute atomic E-state index is 0.344. The maximum Gasteiger partial charge on any atom is 0.0485 e. The van der Waals surface area contributed by atoms with Gasteiger partial charge < -0.3 is 5.32 Å². The van der Waals surface area contributed by atoms with Crippen LogP contribution in [0.25, 0.3) is 0 Å². The van der Waals surface area contributed by atoms with Crippen molar-refractivity contribution >= 4 is 15.9 Å². The highest BCUT2D eigenvalue weighted by atomic mass is 79.9. The van der Waals surface area contributed by atoms with E-state index in [1.54, 1.807) is 0 Å². The quantitative estimate of drug-likeness (QED) is 0.875. The van der Waals surface area contributed by atoms with Crippen LogP contribution in [-0.2, 0) is 6.42 Å². The summed E-state index contributed by atoms with van der Waals surface area (Å²) in [5.74, 6) is 0.469. The summed E-state index contributed by atoms with van der Waals surface area (Å²) in [5.41, 5.74) is 4.06. The summed E-state index contributed by atoms with van der Waals surface area (Å²) >= 11 is 3.52. The molecule has 1 aromatic heterocycles. The van der Waals surface area contributed by atoms with E-state index < -0.39 is 0 Å². The third kappa shape index (κ3) is 3.19. The van der Waals surface area contributed by atoms with Gasteiger partial charge in [-0.2, -0.15) is 0 Å². The summed E-state index contributed by atoms with van der Waals surface area (Å²) < 4.78 is 1.13. The molecule has 21 heavy (non-hydrogen) atoms. The predicted octanol–water partition coefficient (Wildman–Crippen LogP) is 4.61. The lowest BCUT2D eigenvalue weighted by molar-refractivity contribution is 0.400. The van der Waals surface area contributed by atoms with Gasteiger partial charge in [0.15, 0.2) is 0 Å². The Balaban J connectivity index is 1.96. The van der Waals surface area contributed by atoms with Gasteiger partial charge in [-0.05, 0) is 55.1 Å². The minimum atomic E-state index is 0.344. The SMILES string of the molecule is CCNC(c1ccc(Br)cc1)C1CCCc2cccnc21. The van der Waals surface area contributed by atoms with E-state index in [9.17, 15) is 0 Å².